The first-order valence-electron chi connectivity index (χ1n) is 8.04. The summed E-state index contributed by atoms with van der Waals surface area (Å²) in [6.45, 7) is 0. The SMILES string of the molecule is COC(=O)c1ccc(C(=O)NNC(=O)c2cc(OC)c(OC)c(OC)c2)cc1. The molecule has 0 saturated carbocycles. The van der Waals surface area contributed by atoms with Gasteiger partial charge in [-0.2, -0.15) is 0 Å². The predicted molar refractivity (Wildman–Crippen MR) is 98.8 cm³/mol. The summed E-state index contributed by atoms with van der Waals surface area (Å²) in [6.07, 6.45) is 0. The largest absolute Gasteiger partial charge is 0.493 e. The van der Waals surface area contributed by atoms with Crippen molar-refractivity contribution < 1.29 is 33.3 Å². The van der Waals surface area contributed by atoms with Crippen LogP contribution in [0.5, 0.6) is 17.2 Å². The first kappa shape index (κ1) is 20.6. The first-order valence-corrected chi connectivity index (χ1v) is 8.04. The van der Waals surface area contributed by atoms with E-state index in [0.29, 0.717) is 22.8 Å². The Kier molecular flexibility index (Phi) is 6.80. The number of nitrogens with one attached hydrogen (secondary N) is 2. The van der Waals surface area contributed by atoms with Crippen LogP contribution in [0.15, 0.2) is 36.4 Å². The highest BCUT2D eigenvalue weighted by Gasteiger charge is 2.17. The van der Waals surface area contributed by atoms with Crippen LogP contribution in [0.3, 0.4) is 0 Å². The molecule has 2 rings (SSSR count). The van der Waals surface area contributed by atoms with Crippen LogP contribution in [0.1, 0.15) is 31.1 Å². The number of hydrazine groups is 1. The van der Waals surface area contributed by atoms with Crippen molar-refractivity contribution in [1.82, 2.24) is 10.9 Å². The van der Waals surface area contributed by atoms with Gasteiger partial charge in [-0.25, -0.2) is 4.79 Å². The Balaban J connectivity index is 2.09. The van der Waals surface area contributed by atoms with Gasteiger partial charge in [0.2, 0.25) is 5.75 Å². The van der Waals surface area contributed by atoms with Crippen LogP contribution in [0.25, 0.3) is 0 Å². The molecule has 9 heteroatoms. The van der Waals surface area contributed by atoms with E-state index < -0.39 is 17.8 Å². The zero-order chi connectivity index (χ0) is 20.7. The standard InChI is InChI=1S/C19H20N2O7/c1-25-14-9-13(10-15(26-2)16(14)27-3)18(23)21-20-17(22)11-5-7-12(8-6-11)19(24)28-4/h5-10H,1-4H3,(H,20,22)(H,21,23). The lowest BCUT2D eigenvalue weighted by atomic mass is 10.1. The highest BCUT2D eigenvalue weighted by molar-refractivity contribution is 6.00. The van der Waals surface area contributed by atoms with Crippen LogP contribution in [-0.2, 0) is 4.74 Å². The van der Waals surface area contributed by atoms with Crippen molar-refractivity contribution >= 4 is 17.8 Å². The molecule has 28 heavy (non-hydrogen) atoms. The van der Waals surface area contributed by atoms with Crippen LogP contribution in [0, 0.1) is 0 Å². The summed E-state index contributed by atoms with van der Waals surface area (Å²) in [5.41, 5.74) is 5.34. The van der Waals surface area contributed by atoms with Crippen LogP contribution in [-0.4, -0.2) is 46.2 Å². The molecular formula is C19H20N2O7. The van der Waals surface area contributed by atoms with Gasteiger partial charge in [-0.1, -0.05) is 0 Å². The molecule has 2 aromatic carbocycles. The summed E-state index contributed by atoms with van der Waals surface area (Å²) in [5, 5.41) is 0. The van der Waals surface area contributed by atoms with Gasteiger partial charge in [0.25, 0.3) is 11.8 Å². The summed E-state index contributed by atoms with van der Waals surface area (Å²) in [5.74, 6) is -0.705. The molecule has 2 aromatic rings. The summed E-state index contributed by atoms with van der Waals surface area (Å²) < 4.78 is 20.2. The van der Waals surface area contributed by atoms with E-state index in [9.17, 15) is 14.4 Å². The average molecular weight is 388 g/mol. The van der Waals surface area contributed by atoms with Crippen molar-refractivity contribution in [1.29, 1.82) is 0 Å². The van der Waals surface area contributed by atoms with Gasteiger partial charge in [-0.3, -0.25) is 20.4 Å². The molecule has 0 radical (unpaired) electrons. The molecule has 2 amide bonds. The molecule has 0 unspecified atom stereocenters. The van der Waals surface area contributed by atoms with Gasteiger partial charge in [0.1, 0.15) is 0 Å². The van der Waals surface area contributed by atoms with Gasteiger partial charge in [-0.05, 0) is 36.4 Å². The number of carbonyl (C=O) groups is 3. The zero-order valence-corrected chi connectivity index (χ0v) is 15.8. The first-order chi connectivity index (χ1) is 13.4. The molecule has 0 saturated heterocycles. The molecule has 0 aliphatic heterocycles. The Labute approximate surface area is 161 Å². The molecule has 0 aliphatic carbocycles. The van der Waals surface area contributed by atoms with Crippen LogP contribution in [0.2, 0.25) is 0 Å². The second-order valence-electron chi connectivity index (χ2n) is 5.39. The van der Waals surface area contributed by atoms with E-state index in [1.54, 1.807) is 0 Å². The lowest BCUT2D eigenvalue weighted by molar-refractivity contribution is 0.0600. The summed E-state index contributed by atoms with van der Waals surface area (Å²) in [6, 6.07) is 8.67. The lowest BCUT2D eigenvalue weighted by Gasteiger charge is -2.14. The number of hydrogen-bond acceptors (Lipinski definition) is 7. The molecule has 0 aromatic heterocycles. The number of carbonyl (C=O) groups excluding carboxylic acids is 3. The second-order valence-corrected chi connectivity index (χ2v) is 5.39. The predicted octanol–water partition coefficient (Wildman–Crippen LogP) is 1.57. The van der Waals surface area contributed by atoms with Crippen molar-refractivity contribution in [2.24, 2.45) is 0 Å². The highest BCUT2D eigenvalue weighted by atomic mass is 16.5. The van der Waals surface area contributed by atoms with Crippen LogP contribution >= 0.6 is 0 Å². The monoisotopic (exact) mass is 388 g/mol. The number of hydrogen-bond donors (Lipinski definition) is 2. The molecule has 0 aliphatic rings. The van der Waals surface area contributed by atoms with Gasteiger partial charge in [0, 0.05) is 11.1 Å². The maximum atomic E-state index is 12.4. The van der Waals surface area contributed by atoms with E-state index in [-0.39, 0.29) is 11.1 Å². The molecule has 0 bridgehead atoms. The van der Waals surface area contributed by atoms with Gasteiger partial charge < -0.3 is 18.9 Å². The zero-order valence-electron chi connectivity index (χ0n) is 15.8. The third-order valence-electron chi connectivity index (χ3n) is 3.78. The van der Waals surface area contributed by atoms with Gasteiger partial charge in [-0.15, -0.1) is 0 Å². The van der Waals surface area contributed by atoms with Crippen molar-refractivity contribution in [2.45, 2.75) is 0 Å². The van der Waals surface area contributed by atoms with Crippen LogP contribution < -0.4 is 25.1 Å². The quantitative estimate of drug-likeness (QED) is 0.571. The maximum absolute atomic E-state index is 12.4. The average Bonchev–Trinajstić information content (AvgIpc) is 2.75. The third-order valence-corrected chi connectivity index (χ3v) is 3.78. The number of methoxy groups -OCH3 is 4. The third kappa shape index (κ3) is 4.50. The van der Waals surface area contributed by atoms with Crippen molar-refractivity contribution in [3.05, 3.63) is 53.1 Å². The molecule has 148 valence electrons. The van der Waals surface area contributed by atoms with Crippen molar-refractivity contribution in [2.75, 3.05) is 28.4 Å². The number of esters is 1. The molecule has 0 atom stereocenters. The minimum Gasteiger partial charge on any atom is -0.493 e. The molecule has 9 nitrogen and oxygen atoms in total. The van der Waals surface area contributed by atoms with E-state index >= 15 is 0 Å². The molecule has 0 heterocycles. The fourth-order valence-electron chi connectivity index (χ4n) is 2.35. The molecule has 0 fully saturated rings. The van der Waals surface area contributed by atoms with E-state index in [2.05, 4.69) is 15.6 Å². The Bertz CT molecular complexity index is 853. The molecule has 0 spiro atoms. The highest BCUT2D eigenvalue weighted by Crippen LogP contribution is 2.38. The maximum Gasteiger partial charge on any atom is 0.337 e. The fraction of sp³-hybridized carbons (Fsp3) is 0.211. The lowest BCUT2D eigenvalue weighted by Crippen LogP contribution is -2.41. The van der Waals surface area contributed by atoms with Gasteiger partial charge in [0.05, 0.1) is 34.0 Å². The van der Waals surface area contributed by atoms with E-state index in [1.165, 1.54) is 64.8 Å². The van der Waals surface area contributed by atoms with E-state index in [1.807, 2.05) is 0 Å². The van der Waals surface area contributed by atoms with Gasteiger partial charge in [0.15, 0.2) is 11.5 Å². The van der Waals surface area contributed by atoms with E-state index in [0.717, 1.165) is 0 Å². The number of amides is 2. The minimum atomic E-state index is -0.584. The van der Waals surface area contributed by atoms with E-state index in [4.69, 9.17) is 14.2 Å². The Morgan fingerprint density at radius 1 is 0.679 bits per heavy atom. The Morgan fingerprint density at radius 2 is 1.14 bits per heavy atom. The Hall–Kier alpha value is -3.75. The van der Waals surface area contributed by atoms with Crippen molar-refractivity contribution in [3.8, 4) is 17.2 Å². The fourth-order valence-corrected chi connectivity index (χ4v) is 2.35. The summed E-state index contributed by atoms with van der Waals surface area (Å²) in [7, 11) is 5.57. The smallest absolute Gasteiger partial charge is 0.337 e. The molecule has 2 N–H and O–H groups in total. The normalized spacial score (nSPS) is 9.86. The van der Waals surface area contributed by atoms with Gasteiger partial charge >= 0.3 is 5.97 Å². The summed E-state index contributed by atoms with van der Waals surface area (Å²) in [4.78, 5) is 35.9. The topological polar surface area (TPSA) is 112 Å². The van der Waals surface area contributed by atoms with Crippen LogP contribution in [0.4, 0.5) is 0 Å². The number of ether oxygens (including phenoxy) is 4. The molecular weight excluding hydrogens is 368 g/mol. The number of rotatable bonds is 6. The summed E-state index contributed by atoms with van der Waals surface area (Å²) >= 11 is 0. The minimum absolute atomic E-state index is 0.191. The number of benzene rings is 2. The Morgan fingerprint density at radius 3 is 1.57 bits per heavy atom. The second kappa shape index (κ2) is 9.26. The van der Waals surface area contributed by atoms with Crippen molar-refractivity contribution in [3.63, 3.8) is 0 Å².